The molecule has 4 nitrogen and oxygen atoms in total. The molecule has 2 bridgehead atoms. The van der Waals surface area contributed by atoms with Gasteiger partial charge in [-0.1, -0.05) is 6.07 Å². The fourth-order valence-electron chi connectivity index (χ4n) is 4.37. The number of hydrogen-bond donors (Lipinski definition) is 1. The molecule has 0 radical (unpaired) electrons. The third-order valence-electron chi connectivity index (χ3n) is 5.34. The van der Waals surface area contributed by atoms with E-state index in [1.165, 1.54) is 6.07 Å². The van der Waals surface area contributed by atoms with Gasteiger partial charge in [0.2, 0.25) is 0 Å². The molecule has 5 rings (SSSR count). The van der Waals surface area contributed by atoms with Gasteiger partial charge in [-0.3, -0.25) is 4.79 Å². The van der Waals surface area contributed by atoms with Gasteiger partial charge >= 0.3 is 0 Å². The van der Waals surface area contributed by atoms with Crippen LogP contribution in [0, 0.1) is 5.89 Å². The standard InChI is InChI=1S/C17H19NO3/c1-18-7-6-17-10-3-5-13(20)16(17)21-15-12(19)4-2-9(14(15)17)8-11(10)18/h2,4,10-11,16,19H,3,5-8H2,1H3/t10-,11+,16-,17-/m0/s1/i3D2,5D2,10D,16D. The van der Waals surface area contributed by atoms with Crippen LogP contribution in [0.15, 0.2) is 12.1 Å². The van der Waals surface area contributed by atoms with E-state index in [0.29, 0.717) is 17.7 Å². The number of likely N-dealkylation sites (N-methyl/N-ethyl adjacent to an activating group) is 1. The Morgan fingerprint density at radius 1 is 1.57 bits per heavy atom. The normalized spacial score (nSPS) is 55.9. The van der Waals surface area contributed by atoms with E-state index in [1.54, 1.807) is 13.1 Å². The molecular formula is C17H19NO3. The molecule has 0 aromatic heterocycles. The van der Waals surface area contributed by atoms with E-state index < -0.39 is 42.0 Å². The SMILES string of the molecule is [2H]C1([2H])C(=O)[C@]2([2H])Oc3c(O)ccc4c3[C@@]23CCN(C)[C@H](C4)[C@]3([2H])C1([2H])[2H]. The van der Waals surface area contributed by atoms with Gasteiger partial charge in [0.1, 0.15) is 0 Å². The van der Waals surface area contributed by atoms with Gasteiger partial charge < -0.3 is 14.7 Å². The first-order chi connectivity index (χ1) is 12.4. The average molecular weight is 291 g/mol. The van der Waals surface area contributed by atoms with E-state index in [1.807, 2.05) is 4.90 Å². The van der Waals surface area contributed by atoms with Crippen molar-refractivity contribution >= 4 is 5.78 Å². The van der Waals surface area contributed by atoms with Gasteiger partial charge in [0.25, 0.3) is 0 Å². The Morgan fingerprint density at radius 3 is 3.29 bits per heavy atom. The van der Waals surface area contributed by atoms with Crippen LogP contribution in [0.1, 0.15) is 38.5 Å². The van der Waals surface area contributed by atoms with Crippen LogP contribution in [0.3, 0.4) is 0 Å². The molecule has 110 valence electrons. The van der Waals surface area contributed by atoms with Crippen LogP contribution >= 0.6 is 0 Å². The summed E-state index contributed by atoms with van der Waals surface area (Å²) in [6, 6.07) is 2.34. The lowest BCUT2D eigenvalue weighted by Crippen LogP contribution is -2.65. The third-order valence-corrected chi connectivity index (χ3v) is 5.34. The number of carbonyl (C=O) groups is 1. The molecule has 2 heterocycles. The lowest BCUT2D eigenvalue weighted by molar-refractivity contribution is -0.138. The highest BCUT2D eigenvalue weighted by Crippen LogP contribution is 2.62. The number of phenolic OH excluding ortho intramolecular Hbond substituents is 1. The Balaban J connectivity index is 1.98. The van der Waals surface area contributed by atoms with Gasteiger partial charge in [0, 0.05) is 30.2 Å². The summed E-state index contributed by atoms with van der Waals surface area (Å²) < 4.78 is 57.7. The molecule has 4 atom stereocenters. The van der Waals surface area contributed by atoms with E-state index in [9.17, 15) is 11.3 Å². The minimum Gasteiger partial charge on any atom is -0.504 e. The van der Waals surface area contributed by atoms with Crippen molar-refractivity contribution < 1.29 is 22.9 Å². The van der Waals surface area contributed by atoms with Crippen LogP contribution in [0.25, 0.3) is 0 Å². The fourth-order valence-corrected chi connectivity index (χ4v) is 4.37. The molecule has 1 saturated carbocycles. The quantitative estimate of drug-likeness (QED) is 0.789. The van der Waals surface area contributed by atoms with Crippen molar-refractivity contribution in [1.82, 2.24) is 4.90 Å². The molecule has 1 aromatic rings. The number of likely N-dealkylation sites (tertiary alicyclic amines) is 1. The van der Waals surface area contributed by atoms with Gasteiger partial charge in [0.05, 0.1) is 1.37 Å². The summed E-state index contributed by atoms with van der Waals surface area (Å²) in [4.78, 5) is 15.0. The average Bonchev–Trinajstić information content (AvgIpc) is 2.87. The molecule has 21 heavy (non-hydrogen) atoms. The Morgan fingerprint density at radius 2 is 2.43 bits per heavy atom. The number of nitrogens with zero attached hydrogens (tertiary/aromatic N) is 1. The zero-order valence-electron chi connectivity index (χ0n) is 17.6. The second-order valence-electron chi connectivity index (χ2n) is 6.23. The molecule has 1 spiro atoms. The maximum absolute atomic E-state index is 13.1. The van der Waals surface area contributed by atoms with E-state index in [4.69, 9.17) is 11.6 Å². The van der Waals surface area contributed by atoms with Gasteiger partial charge in [-0.15, -0.1) is 0 Å². The second-order valence-corrected chi connectivity index (χ2v) is 6.23. The minimum absolute atomic E-state index is 0.0796. The number of hydrogen-bond acceptors (Lipinski definition) is 4. The predicted octanol–water partition coefficient (Wildman–Crippen LogP) is 1.63. The number of rotatable bonds is 0. The van der Waals surface area contributed by atoms with E-state index in [0.717, 1.165) is 0 Å². The highest BCUT2D eigenvalue weighted by atomic mass is 16.5. The predicted molar refractivity (Wildman–Crippen MR) is 76.7 cm³/mol. The topological polar surface area (TPSA) is 49.8 Å². The summed E-state index contributed by atoms with van der Waals surface area (Å²) in [7, 11) is 1.75. The Hall–Kier alpha value is -1.55. The molecule has 4 heteroatoms. The molecule has 2 aliphatic heterocycles. The number of phenols is 1. The fraction of sp³-hybridized carbons (Fsp3) is 0.588. The van der Waals surface area contributed by atoms with Crippen molar-refractivity contribution in [3.8, 4) is 11.5 Å². The largest absolute Gasteiger partial charge is 0.504 e. The van der Waals surface area contributed by atoms with Crippen molar-refractivity contribution in [2.45, 2.75) is 43.1 Å². The summed E-state index contributed by atoms with van der Waals surface area (Å²) in [6.07, 6.45) is -8.08. The van der Waals surface area contributed by atoms with Crippen LogP contribution in [0.5, 0.6) is 11.5 Å². The first kappa shape index (κ1) is 7.63. The van der Waals surface area contributed by atoms with Crippen LogP contribution in [0.2, 0.25) is 0 Å². The molecule has 1 N–H and O–H groups in total. The number of benzene rings is 1. The maximum Gasteiger partial charge on any atom is 0.174 e. The second kappa shape index (κ2) is 3.61. The van der Waals surface area contributed by atoms with Crippen molar-refractivity contribution in [2.24, 2.45) is 5.89 Å². The molecule has 2 aliphatic carbocycles. The first-order valence-corrected chi connectivity index (χ1v) is 7.17. The highest BCUT2D eigenvalue weighted by Gasteiger charge is 2.65. The summed E-state index contributed by atoms with van der Waals surface area (Å²) in [5.41, 5.74) is -0.641. The van der Waals surface area contributed by atoms with Crippen LogP contribution < -0.4 is 4.74 Å². The van der Waals surface area contributed by atoms with E-state index in [2.05, 4.69) is 0 Å². The summed E-state index contributed by atoms with van der Waals surface area (Å²) in [5.74, 6) is -3.82. The zero-order chi connectivity index (χ0) is 19.8. The van der Waals surface area contributed by atoms with E-state index in [-0.39, 0.29) is 24.3 Å². The first-order valence-electron chi connectivity index (χ1n) is 10.2. The van der Waals surface area contributed by atoms with Gasteiger partial charge in [-0.25, -0.2) is 0 Å². The molecule has 1 saturated heterocycles. The number of piperidine rings is 1. The molecule has 2 fully saturated rings. The summed E-state index contributed by atoms with van der Waals surface area (Å²) in [6.45, 7) is 0.413. The monoisotopic (exact) mass is 291 g/mol. The Kier molecular flexibility index (Phi) is 1.31. The molecule has 0 unspecified atom stereocenters. The van der Waals surface area contributed by atoms with Crippen LogP contribution in [0.4, 0.5) is 0 Å². The number of aromatic hydroxyl groups is 1. The van der Waals surface area contributed by atoms with Crippen molar-refractivity contribution in [2.75, 3.05) is 13.6 Å². The number of ketones is 1. The number of carbonyl (C=O) groups excluding carboxylic acids is 1. The lowest BCUT2D eigenvalue weighted by Gasteiger charge is -2.57. The van der Waals surface area contributed by atoms with Crippen molar-refractivity contribution in [3.63, 3.8) is 0 Å². The minimum atomic E-state index is -3.08. The van der Waals surface area contributed by atoms with Crippen LogP contribution in [-0.2, 0) is 16.6 Å². The smallest absolute Gasteiger partial charge is 0.174 e. The van der Waals surface area contributed by atoms with Gasteiger partial charge in [-0.2, -0.15) is 0 Å². The highest BCUT2D eigenvalue weighted by molar-refractivity contribution is 5.89. The van der Waals surface area contributed by atoms with Crippen molar-refractivity contribution in [1.29, 1.82) is 0 Å². The Bertz CT molecular complexity index is 922. The third kappa shape index (κ3) is 1.20. The summed E-state index contributed by atoms with van der Waals surface area (Å²) >= 11 is 0. The molecule has 4 aliphatic rings. The van der Waals surface area contributed by atoms with Gasteiger partial charge in [-0.05, 0) is 50.3 Å². The Labute approximate surface area is 132 Å². The molecule has 0 amide bonds. The molecular weight excluding hydrogens is 266 g/mol. The summed E-state index contributed by atoms with van der Waals surface area (Å²) in [5, 5.41) is 10.3. The molecule has 1 aromatic carbocycles. The van der Waals surface area contributed by atoms with Crippen molar-refractivity contribution in [3.05, 3.63) is 23.3 Å². The van der Waals surface area contributed by atoms with Gasteiger partial charge in [0.15, 0.2) is 23.4 Å². The number of Topliss-reactive ketones (excluding diaryl/α,β-unsaturated/α-hetero) is 1. The van der Waals surface area contributed by atoms with Crippen LogP contribution in [-0.4, -0.2) is 41.5 Å². The zero-order valence-corrected chi connectivity index (χ0v) is 11.6. The van der Waals surface area contributed by atoms with E-state index >= 15 is 0 Å². The lowest BCUT2D eigenvalue weighted by atomic mass is 9.52. The number of ether oxygens (including phenoxy) is 1. The maximum atomic E-state index is 13.1.